The standard InChI is InChI=1S/C10H12N2O3/c11-5-1-2-6-12-10(14)8-3-4-9(13)15-7-8/h1-4,7H,5-6,11H2,(H,12,14)/b2-1+. The van der Waals surface area contributed by atoms with Gasteiger partial charge in [-0.2, -0.15) is 0 Å². The van der Waals surface area contributed by atoms with Crippen LogP contribution in [0, 0.1) is 0 Å². The van der Waals surface area contributed by atoms with Gasteiger partial charge in [0.15, 0.2) is 0 Å². The molecule has 0 bridgehead atoms. The second-order valence-corrected chi connectivity index (χ2v) is 2.76. The van der Waals surface area contributed by atoms with E-state index in [-0.39, 0.29) is 5.91 Å². The van der Waals surface area contributed by atoms with Gasteiger partial charge in [0.2, 0.25) is 0 Å². The van der Waals surface area contributed by atoms with Crippen molar-refractivity contribution in [2.75, 3.05) is 13.1 Å². The molecule has 80 valence electrons. The van der Waals surface area contributed by atoms with Gasteiger partial charge in [-0.3, -0.25) is 4.79 Å². The van der Waals surface area contributed by atoms with Gasteiger partial charge in [0.1, 0.15) is 6.26 Å². The zero-order valence-corrected chi connectivity index (χ0v) is 8.10. The molecule has 1 aromatic heterocycles. The summed E-state index contributed by atoms with van der Waals surface area (Å²) in [4.78, 5) is 22.0. The monoisotopic (exact) mass is 208 g/mol. The summed E-state index contributed by atoms with van der Waals surface area (Å²) in [7, 11) is 0. The van der Waals surface area contributed by atoms with Crippen molar-refractivity contribution in [2.45, 2.75) is 0 Å². The van der Waals surface area contributed by atoms with Crippen molar-refractivity contribution < 1.29 is 9.21 Å². The van der Waals surface area contributed by atoms with Gasteiger partial charge in [-0.1, -0.05) is 12.2 Å². The van der Waals surface area contributed by atoms with Crippen LogP contribution in [-0.4, -0.2) is 19.0 Å². The maximum Gasteiger partial charge on any atom is 0.335 e. The van der Waals surface area contributed by atoms with E-state index in [1.165, 1.54) is 12.1 Å². The highest BCUT2D eigenvalue weighted by Crippen LogP contribution is 1.94. The van der Waals surface area contributed by atoms with Gasteiger partial charge < -0.3 is 15.5 Å². The predicted octanol–water partition coefficient (Wildman–Crippen LogP) is -0.116. The SMILES string of the molecule is NC/C=C/CNC(=O)c1ccc(=O)oc1. The lowest BCUT2D eigenvalue weighted by Gasteiger charge is -2.00. The first kappa shape index (κ1) is 11.2. The molecule has 1 amide bonds. The average molecular weight is 208 g/mol. The summed E-state index contributed by atoms with van der Waals surface area (Å²) < 4.78 is 4.55. The Morgan fingerprint density at radius 3 is 2.87 bits per heavy atom. The Morgan fingerprint density at radius 2 is 2.27 bits per heavy atom. The van der Waals surface area contributed by atoms with Crippen molar-refractivity contribution in [3.05, 3.63) is 46.5 Å². The van der Waals surface area contributed by atoms with Crippen molar-refractivity contribution >= 4 is 5.91 Å². The third-order valence-corrected chi connectivity index (χ3v) is 1.65. The molecular weight excluding hydrogens is 196 g/mol. The summed E-state index contributed by atoms with van der Waals surface area (Å²) in [5, 5.41) is 2.61. The summed E-state index contributed by atoms with van der Waals surface area (Å²) in [5.41, 5.74) is 5.06. The lowest BCUT2D eigenvalue weighted by atomic mass is 10.3. The first-order valence-electron chi connectivity index (χ1n) is 4.46. The van der Waals surface area contributed by atoms with Crippen LogP contribution >= 0.6 is 0 Å². The smallest absolute Gasteiger partial charge is 0.335 e. The minimum atomic E-state index is -0.477. The second kappa shape index (κ2) is 5.77. The molecule has 1 rings (SSSR count). The van der Waals surface area contributed by atoms with Gasteiger partial charge in [0.25, 0.3) is 5.91 Å². The Labute approximate surface area is 86.6 Å². The third-order valence-electron chi connectivity index (χ3n) is 1.65. The average Bonchev–Trinajstić information content (AvgIpc) is 2.25. The summed E-state index contributed by atoms with van der Waals surface area (Å²) in [5.74, 6) is -0.291. The lowest BCUT2D eigenvalue weighted by molar-refractivity contribution is 0.0955. The van der Waals surface area contributed by atoms with Crippen LogP contribution in [0.4, 0.5) is 0 Å². The fourth-order valence-corrected chi connectivity index (χ4v) is 0.920. The maximum atomic E-state index is 11.4. The Morgan fingerprint density at radius 1 is 1.47 bits per heavy atom. The van der Waals surface area contributed by atoms with Crippen LogP contribution in [0.5, 0.6) is 0 Å². The quantitative estimate of drug-likeness (QED) is 0.676. The van der Waals surface area contributed by atoms with Crippen molar-refractivity contribution in [3.63, 3.8) is 0 Å². The molecule has 0 aromatic carbocycles. The van der Waals surface area contributed by atoms with Crippen molar-refractivity contribution in [1.82, 2.24) is 5.32 Å². The Bertz CT molecular complexity index is 389. The van der Waals surface area contributed by atoms with Crippen LogP contribution < -0.4 is 16.7 Å². The van der Waals surface area contributed by atoms with Gasteiger partial charge in [-0.25, -0.2) is 4.79 Å². The minimum absolute atomic E-state index is 0.291. The second-order valence-electron chi connectivity index (χ2n) is 2.76. The number of hydrogen-bond donors (Lipinski definition) is 2. The fraction of sp³-hybridized carbons (Fsp3) is 0.200. The Hall–Kier alpha value is -1.88. The summed E-state index contributed by atoms with van der Waals surface area (Å²) in [6, 6.07) is 2.61. The van der Waals surface area contributed by atoms with E-state index in [9.17, 15) is 9.59 Å². The van der Waals surface area contributed by atoms with Gasteiger partial charge in [0.05, 0.1) is 5.56 Å². The number of nitrogens with one attached hydrogen (secondary N) is 1. The van der Waals surface area contributed by atoms with Crippen molar-refractivity contribution in [3.8, 4) is 0 Å². The molecule has 0 fully saturated rings. The first-order valence-corrected chi connectivity index (χ1v) is 4.46. The Balaban J connectivity index is 2.50. The van der Waals surface area contributed by atoms with Crippen molar-refractivity contribution in [1.29, 1.82) is 0 Å². The van der Waals surface area contributed by atoms with Crippen LogP contribution in [0.15, 0.2) is 39.8 Å². The molecule has 15 heavy (non-hydrogen) atoms. The topological polar surface area (TPSA) is 85.3 Å². The molecule has 0 atom stereocenters. The number of rotatable bonds is 4. The van der Waals surface area contributed by atoms with Crippen LogP contribution in [-0.2, 0) is 0 Å². The zero-order valence-electron chi connectivity index (χ0n) is 8.10. The molecule has 0 unspecified atom stereocenters. The van der Waals surface area contributed by atoms with Crippen molar-refractivity contribution in [2.24, 2.45) is 5.73 Å². The highest BCUT2D eigenvalue weighted by molar-refractivity contribution is 5.93. The molecule has 0 saturated carbocycles. The molecule has 0 radical (unpaired) electrons. The molecule has 5 heteroatoms. The number of amides is 1. The van der Waals surface area contributed by atoms with Gasteiger partial charge >= 0.3 is 5.63 Å². The lowest BCUT2D eigenvalue weighted by Crippen LogP contribution is -2.23. The van der Waals surface area contributed by atoms with Gasteiger partial charge in [-0.15, -0.1) is 0 Å². The van der Waals surface area contributed by atoms with Gasteiger partial charge in [-0.05, 0) is 6.07 Å². The number of carbonyl (C=O) groups excluding carboxylic acids is 1. The Kier molecular flexibility index (Phi) is 4.30. The number of nitrogens with two attached hydrogens (primary N) is 1. The zero-order chi connectivity index (χ0) is 11.1. The fourth-order valence-electron chi connectivity index (χ4n) is 0.920. The normalized spacial score (nSPS) is 10.5. The van der Waals surface area contributed by atoms with E-state index in [1.54, 1.807) is 12.2 Å². The molecule has 0 aliphatic heterocycles. The first-order chi connectivity index (χ1) is 7.24. The van der Waals surface area contributed by atoms with E-state index in [1.807, 2.05) is 0 Å². The summed E-state index contributed by atoms with van der Waals surface area (Å²) in [6.07, 6.45) is 4.62. The highest BCUT2D eigenvalue weighted by atomic mass is 16.4. The summed E-state index contributed by atoms with van der Waals surface area (Å²) >= 11 is 0. The predicted molar refractivity (Wildman–Crippen MR) is 55.5 cm³/mol. The molecule has 0 saturated heterocycles. The van der Waals surface area contributed by atoms with E-state index >= 15 is 0 Å². The number of hydrogen-bond acceptors (Lipinski definition) is 4. The van der Waals surface area contributed by atoms with E-state index < -0.39 is 5.63 Å². The third kappa shape index (κ3) is 3.78. The maximum absolute atomic E-state index is 11.4. The van der Waals surface area contributed by atoms with Crippen LogP contribution in [0.2, 0.25) is 0 Å². The largest absolute Gasteiger partial charge is 0.430 e. The van der Waals surface area contributed by atoms with E-state index in [2.05, 4.69) is 9.73 Å². The summed E-state index contributed by atoms with van der Waals surface area (Å²) in [6.45, 7) is 0.839. The number of carbonyl (C=O) groups is 1. The molecule has 1 heterocycles. The highest BCUT2D eigenvalue weighted by Gasteiger charge is 2.03. The van der Waals surface area contributed by atoms with Crippen LogP contribution in [0.3, 0.4) is 0 Å². The van der Waals surface area contributed by atoms with Crippen LogP contribution in [0.1, 0.15) is 10.4 Å². The van der Waals surface area contributed by atoms with E-state index in [0.717, 1.165) is 6.26 Å². The molecule has 5 nitrogen and oxygen atoms in total. The van der Waals surface area contributed by atoms with Gasteiger partial charge in [0, 0.05) is 19.2 Å². The molecule has 0 aliphatic carbocycles. The molecule has 0 spiro atoms. The molecular formula is C10H12N2O3. The van der Waals surface area contributed by atoms with E-state index in [4.69, 9.17) is 5.73 Å². The molecule has 3 N–H and O–H groups in total. The van der Waals surface area contributed by atoms with E-state index in [0.29, 0.717) is 18.7 Å². The molecule has 0 aliphatic rings. The van der Waals surface area contributed by atoms with Crippen LogP contribution in [0.25, 0.3) is 0 Å². The minimum Gasteiger partial charge on any atom is -0.430 e. The molecule has 1 aromatic rings.